The number of nitrogens with two attached hydrogens (primary N) is 1. The summed E-state index contributed by atoms with van der Waals surface area (Å²) in [4.78, 5) is 16.2. The van der Waals surface area contributed by atoms with Crippen molar-refractivity contribution in [2.24, 2.45) is 0 Å². The quantitative estimate of drug-likeness (QED) is 0.377. The van der Waals surface area contributed by atoms with Gasteiger partial charge in [0.2, 0.25) is 0 Å². The molecule has 8 heteroatoms. The predicted octanol–water partition coefficient (Wildman–Crippen LogP) is 6.35. The smallest absolute Gasteiger partial charge is 0.433 e. The lowest BCUT2D eigenvalue weighted by atomic mass is 9.93. The molecule has 0 radical (unpaired) electrons. The van der Waals surface area contributed by atoms with Gasteiger partial charge in [0.1, 0.15) is 10.5 Å². The fourth-order valence-corrected chi connectivity index (χ4v) is 5.02. The van der Waals surface area contributed by atoms with Gasteiger partial charge in [-0.15, -0.1) is 11.3 Å². The number of carbonyl (C=O) groups is 1. The number of aromatic nitrogens is 1. The van der Waals surface area contributed by atoms with E-state index in [0.717, 1.165) is 39.7 Å². The largest absolute Gasteiger partial charge is 0.481 e. The molecule has 0 spiro atoms. The van der Waals surface area contributed by atoms with Gasteiger partial charge >= 0.3 is 12.1 Å². The van der Waals surface area contributed by atoms with Crippen molar-refractivity contribution in [1.29, 1.82) is 0 Å². The number of carboxylic acid groups (broad SMARTS) is 1. The van der Waals surface area contributed by atoms with Gasteiger partial charge in [0.05, 0.1) is 16.0 Å². The molecule has 2 aromatic heterocycles. The molecule has 4 nitrogen and oxygen atoms in total. The van der Waals surface area contributed by atoms with Crippen molar-refractivity contribution in [3.63, 3.8) is 0 Å². The Morgan fingerprint density at radius 1 is 0.938 bits per heavy atom. The van der Waals surface area contributed by atoms with Crippen LogP contribution in [0.3, 0.4) is 0 Å². The van der Waals surface area contributed by atoms with Gasteiger partial charge in [0.25, 0.3) is 0 Å². The first kappa shape index (κ1) is 20.5. The Balaban J connectivity index is 1.44. The minimum atomic E-state index is -4.51. The Bertz CT molecular complexity index is 1340. The lowest BCUT2D eigenvalue weighted by Gasteiger charge is -2.11. The number of hydrogen-bond acceptors (Lipinski definition) is 4. The average molecular weight is 454 g/mol. The molecule has 32 heavy (non-hydrogen) atoms. The van der Waals surface area contributed by atoms with E-state index in [1.165, 1.54) is 6.07 Å². The molecule has 2 heterocycles. The van der Waals surface area contributed by atoms with Gasteiger partial charge in [-0.3, -0.25) is 4.79 Å². The summed E-state index contributed by atoms with van der Waals surface area (Å²) in [5, 5.41) is 9.95. The maximum atomic E-state index is 13.0. The standard InChI is InChI=1S/C24H17F3N2O2S/c25-24(26,27)18-10-9-17-19(28)20(32-21(17)29-18)15-3-1-13(2-4-15)14-5-7-16(8-6-14)23(11-12-23)22(30)31/h1-10H,11-12,28H2,(H,30,31). The van der Waals surface area contributed by atoms with E-state index in [9.17, 15) is 23.1 Å². The molecule has 1 saturated carbocycles. The molecule has 0 saturated heterocycles. The minimum Gasteiger partial charge on any atom is -0.481 e. The monoisotopic (exact) mass is 454 g/mol. The van der Waals surface area contributed by atoms with Gasteiger partial charge in [-0.05, 0) is 47.2 Å². The van der Waals surface area contributed by atoms with E-state index in [-0.39, 0.29) is 4.83 Å². The van der Waals surface area contributed by atoms with Crippen LogP contribution < -0.4 is 5.73 Å². The third kappa shape index (κ3) is 3.31. The number of nitrogens with zero attached hydrogens (tertiary/aromatic N) is 1. The van der Waals surface area contributed by atoms with E-state index >= 15 is 0 Å². The highest BCUT2D eigenvalue weighted by Crippen LogP contribution is 2.48. The number of anilines is 1. The van der Waals surface area contributed by atoms with Gasteiger partial charge in [0.15, 0.2) is 0 Å². The first-order valence-corrected chi connectivity index (χ1v) is 10.7. The number of nitrogen functional groups attached to an aromatic ring is 1. The van der Waals surface area contributed by atoms with Crippen molar-refractivity contribution in [1.82, 2.24) is 4.98 Å². The third-order valence-electron chi connectivity index (χ3n) is 5.96. The van der Waals surface area contributed by atoms with Crippen LogP contribution in [0, 0.1) is 0 Å². The Labute approximate surface area is 185 Å². The first-order valence-electron chi connectivity index (χ1n) is 9.90. The van der Waals surface area contributed by atoms with Crippen LogP contribution in [-0.4, -0.2) is 16.1 Å². The SMILES string of the molecule is Nc1c(-c2ccc(-c3ccc(C4(C(=O)O)CC4)cc3)cc2)sc2nc(C(F)(F)F)ccc12. The van der Waals surface area contributed by atoms with E-state index < -0.39 is 23.3 Å². The van der Waals surface area contributed by atoms with Crippen LogP contribution in [0.5, 0.6) is 0 Å². The summed E-state index contributed by atoms with van der Waals surface area (Å²) < 4.78 is 38.9. The van der Waals surface area contributed by atoms with Crippen molar-refractivity contribution in [3.8, 4) is 21.6 Å². The van der Waals surface area contributed by atoms with Crippen LogP contribution in [0.4, 0.5) is 18.9 Å². The van der Waals surface area contributed by atoms with Gasteiger partial charge in [-0.2, -0.15) is 13.2 Å². The number of fused-ring (bicyclic) bond motifs is 1. The molecule has 162 valence electrons. The predicted molar refractivity (Wildman–Crippen MR) is 118 cm³/mol. The normalized spacial score (nSPS) is 15.1. The number of alkyl halides is 3. The highest BCUT2D eigenvalue weighted by atomic mass is 32.1. The summed E-state index contributed by atoms with van der Waals surface area (Å²) in [6.07, 6.45) is -3.19. The van der Waals surface area contributed by atoms with Crippen molar-refractivity contribution < 1.29 is 23.1 Å². The van der Waals surface area contributed by atoms with Gasteiger partial charge in [-0.25, -0.2) is 4.98 Å². The molecule has 1 fully saturated rings. The fraction of sp³-hybridized carbons (Fsp3) is 0.167. The number of halogens is 3. The number of benzene rings is 2. The molecule has 0 atom stereocenters. The summed E-state index contributed by atoms with van der Waals surface area (Å²) in [6, 6.07) is 17.4. The molecule has 2 aromatic carbocycles. The highest BCUT2D eigenvalue weighted by Gasteiger charge is 2.51. The van der Waals surface area contributed by atoms with E-state index in [1.54, 1.807) is 0 Å². The fourth-order valence-electron chi connectivity index (χ4n) is 3.92. The van der Waals surface area contributed by atoms with Crippen molar-refractivity contribution in [2.45, 2.75) is 24.4 Å². The number of aliphatic carboxylic acids is 1. The molecule has 4 aromatic rings. The van der Waals surface area contributed by atoms with Crippen molar-refractivity contribution >= 4 is 33.2 Å². The summed E-state index contributed by atoms with van der Waals surface area (Å²) >= 11 is 1.13. The molecule has 0 aliphatic heterocycles. The average Bonchev–Trinajstić information content (AvgIpc) is 3.53. The first-order chi connectivity index (χ1) is 15.2. The van der Waals surface area contributed by atoms with Crippen molar-refractivity contribution in [3.05, 3.63) is 71.9 Å². The van der Waals surface area contributed by atoms with Crippen LogP contribution >= 0.6 is 11.3 Å². The van der Waals surface area contributed by atoms with E-state index in [4.69, 9.17) is 5.73 Å². The van der Waals surface area contributed by atoms with Crippen LogP contribution in [0.2, 0.25) is 0 Å². The Kier molecular flexibility index (Phi) is 4.53. The Morgan fingerprint density at radius 2 is 1.50 bits per heavy atom. The van der Waals surface area contributed by atoms with Gasteiger partial charge < -0.3 is 10.8 Å². The van der Waals surface area contributed by atoms with Gasteiger partial charge in [0, 0.05) is 5.39 Å². The molecule has 1 aliphatic carbocycles. The number of carboxylic acids is 1. The highest BCUT2D eigenvalue weighted by molar-refractivity contribution is 7.22. The molecule has 0 amide bonds. The number of pyridine rings is 1. The van der Waals surface area contributed by atoms with Crippen LogP contribution in [-0.2, 0) is 16.4 Å². The Morgan fingerprint density at radius 3 is 2.03 bits per heavy atom. The number of hydrogen-bond donors (Lipinski definition) is 2. The zero-order chi connectivity index (χ0) is 22.7. The van der Waals surface area contributed by atoms with E-state index in [1.807, 2.05) is 48.5 Å². The maximum Gasteiger partial charge on any atom is 0.433 e. The zero-order valence-electron chi connectivity index (χ0n) is 16.6. The second kappa shape index (κ2) is 7.06. The summed E-state index contributed by atoms with van der Waals surface area (Å²) in [5.41, 5.74) is 8.44. The minimum absolute atomic E-state index is 0.249. The van der Waals surface area contributed by atoms with Crippen LogP contribution in [0.25, 0.3) is 31.8 Å². The second-order valence-corrected chi connectivity index (χ2v) is 8.93. The summed E-state index contributed by atoms with van der Waals surface area (Å²) in [6.45, 7) is 0. The topological polar surface area (TPSA) is 76.2 Å². The molecule has 5 rings (SSSR count). The van der Waals surface area contributed by atoms with Crippen LogP contribution in [0.1, 0.15) is 24.1 Å². The van der Waals surface area contributed by atoms with Gasteiger partial charge in [-0.1, -0.05) is 48.5 Å². The lowest BCUT2D eigenvalue weighted by Crippen LogP contribution is -2.19. The van der Waals surface area contributed by atoms with E-state index in [2.05, 4.69) is 4.98 Å². The lowest BCUT2D eigenvalue weighted by molar-refractivity contribution is -0.141. The third-order valence-corrected chi connectivity index (χ3v) is 7.13. The van der Waals surface area contributed by atoms with E-state index in [0.29, 0.717) is 28.8 Å². The molecule has 1 aliphatic rings. The summed E-state index contributed by atoms with van der Waals surface area (Å²) in [7, 11) is 0. The summed E-state index contributed by atoms with van der Waals surface area (Å²) in [5.74, 6) is -0.785. The Hall–Kier alpha value is -3.39. The second-order valence-electron chi connectivity index (χ2n) is 7.93. The van der Waals surface area contributed by atoms with Crippen LogP contribution in [0.15, 0.2) is 60.7 Å². The molecule has 3 N–H and O–H groups in total. The molecular formula is C24H17F3N2O2S. The molecule has 0 bridgehead atoms. The number of thiophene rings is 1. The zero-order valence-corrected chi connectivity index (χ0v) is 17.4. The maximum absolute atomic E-state index is 13.0. The number of rotatable bonds is 4. The van der Waals surface area contributed by atoms with Crippen molar-refractivity contribution in [2.75, 3.05) is 5.73 Å². The molecular weight excluding hydrogens is 437 g/mol. The molecule has 0 unspecified atom stereocenters.